The summed E-state index contributed by atoms with van der Waals surface area (Å²) in [5.41, 5.74) is 5.80. The summed E-state index contributed by atoms with van der Waals surface area (Å²) in [5, 5.41) is 14.4. The van der Waals surface area contributed by atoms with Crippen molar-refractivity contribution in [1.82, 2.24) is 25.5 Å². The van der Waals surface area contributed by atoms with Gasteiger partial charge in [0.15, 0.2) is 5.82 Å². The number of nitrogens with two attached hydrogens (primary N) is 1. The third-order valence-electron chi connectivity index (χ3n) is 3.91. The number of nitrogens with one attached hydrogen (secondary N) is 1. The number of aryl methyl sites for hydroxylation is 1. The predicted octanol–water partition coefficient (Wildman–Crippen LogP) is 0.348. The maximum absolute atomic E-state index is 12.4. The molecule has 0 spiro atoms. The number of benzene rings is 1. The molecule has 1 heterocycles. The standard InChI is InChI=1S/C18H26N6O4/c1-18(2,19)17(26)20-14(12-28-11-13-7-5-4-6-8-13)16-21-22-23-24(16)10-9-15(25)27-3/h4-8,14H,9-12,19H2,1-3H3,(H,20,26). The van der Waals surface area contributed by atoms with Crippen molar-refractivity contribution in [3.63, 3.8) is 0 Å². The molecule has 1 aromatic heterocycles. The number of hydrogen-bond donors (Lipinski definition) is 2. The molecular weight excluding hydrogens is 364 g/mol. The van der Waals surface area contributed by atoms with Crippen LogP contribution in [0.3, 0.4) is 0 Å². The number of hydrogen-bond acceptors (Lipinski definition) is 8. The first kappa shape index (κ1) is 21.5. The van der Waals surface area contributed by atoms with Gasteiger partial charge in [-0.25, -0.2) is 4.68 Å². The molecular formula is C18H26N6O4. The molecule has 0 saturated carbocycles. The van der Waals surface area contributed by atoms with Crippen LogP contribution in [0.2, 0.25) is 0 Å². The molecule has 3 N–H and O–H groups in total. The van der Waals surface area contributed by atoms with E-state index < -0.39 is 11.6 Å². The SMILES string of the molecule is COC(=O)CCn1nnnc1C(COCc1ccccc1)NC(=O)C(C)(C)N. The molecule has 2 rings (SSSR count). The van der Waals surface area contributed by atoms with E-state index in [-0.39, 0.29) is 31.4 Å². The van der Waals surface area contributed by atoms with Crippen molar-refractivity contribution in [3.05, 3.63) is 41.7 Å². The lowest BCUT2D eigenvalue weighted by atomic mass is 10.1. The summed E-state index contributed by atoms with van der Waals surface area (Å²) in [5.74, 6) is -0.386. The molecule has 0 saturated heterocycles. The minimum Gasteiger partial charge on any atom is -0.469 e. The van der Waals surface area contributed by atoms with Crippen molar-refractivity contribution in [2.24, 2.45) is 5.73 Å². The molecule has 0 radical (unpaired) electrons. The highest BCUT2D eigenvalue weighted by Gasteiger charge is 2.28. The fourth-order valence-electron chi connectivity index (χ4n) is 2.31. The van der Waals surface area contributed by atoms with E-state index >= 15 is 0 Å². The second kappa shape index (κ2) is 9.90. The Morgan fingerprint density at radius 3 is 2.64 bits per heavy atom. The highest BCUT2D eigenvalue weighted by Crippen LogP contribution is 2.13. The summed E-state index contributed by atoms with van der Waals surface area (Å²) in [4.78, 5) is 23.8. The van der Waals surface area contributed by atoms with Gasteiger partial charge in [0.2, 0.25) is 5.91 Å². The maximum Gasteiger partial charge on any atom is 0.307 e. The van der Waals surface area contributed by atoms with Crippen LogP contribution >= 0.6 is 0 Å². The van der Waals surface area contributed by atoms with Gasteiger partial charge in [0, 0.05) is 0 Å². The topological polar surface area (TPSA) is 134 Å². The zero-order valence-corrected chi connectivity index (χ0v) is 16.3. The lowest BCUT2D eigenvalue weighted by molar-refractivity contribution is -0.141. The molecule has 0 aliphatic heterocycles. The van der Waals surface area contributed by atoms with E-state index in [0.29, 0.717) is 12.4 Å². The highest BCUT2D eigenvalue weighted by atomic mass is 16.5. The predicted molar refractivity (Wildman–Crippen MR) is 99.7 cm³/mol. The highest BCUT2D eigenvalue weighted by molar-refractivity contribution is 5.85. The molecule has 1 amide bonds. The fourth-order valence-corrected chi connectivity index (χ4v) is 2.31. The van der Waals surface area contributed by atoms with Crippen LogP contribution < -0.4 is 11.1 Å². The van der Waals surface area contributed by atoms with Crippen molar-refractivity contribution in [2.75, 3.05) is 13.7 Å². The number of ether oxygens (including phenoxy) is 2. The molecule has 152 valence electrons. The van der Waals surface area contributed by atoms with E-state index in [1.807, 2.05) is 30.3 Å². The molecule has 1 atom stereocenters. The average molecular weight is 390 g/mol. The summed E-state index contributed by atoms with van der Waals surface area (Å²) in [6.07, 6.45) is 0.0997. The first-order valence-electron chi connectivity index (χ1n) is 8.85. The van der Waals surface area contributed by atoms with Gasteiger partial charge in [-0.2, -0.15) is 0 Å². The summed E-state index contributed by atoms with van der Waals surface area (Å²) in [6.45, 7) is 3.92. The van der Waals surface area contributed by atoms with Gasteiger partial charge in [-0.3, -0.25) is 9.59 Å². The molecule has 2 aromatic rings. The van der Waals surface area contributed by atoms with Crippen molar-refractivity contribution in [2.45, 2.75) is 45.0 Å². The first-order valence-corrected chi connectivity index (χ1v) is 8.85. The minimum absolute atomic E-state index is 0.0997. The Morgan fingerprint density at radius 1 is 1.29 bits per heavy atom. The Bertz CT molecular complexity index is 772. The normalized spacial score (nSPS) is 12.4. The van der Waals surface area contributed by atoms with E-state index in [1.54, 1.807) is 13.8 Å². The quantitative estimate of drug-likeness (QED) is 0.555. The summed E-state index contributed by atoms with van der Waals surface area (Å²) < 4.78 is 11.8. The molecule has 1 aromatic carbocycles. The van der Waals surface area contributed by atoms with Crippen molar-refractivity contribution in [3.8, 4) is 0 Å². The molecule has 1 unspecified atom stereocenters. The summed E-state index contributed by atoms with van der Waals surface area (Å²) in [6, 6.07) is 9.01. The van der Waals surface area contributed by atoms with Crippen LogP contribution in [0.25, 0.3) is 0 Å². The Labute approximate surface area is 163 Å². The smallest absolute Gasteiger partial charge is 0.307 e. The Kier molecular flexibility index (Phi) is 7.59. The van der Waals surface area contributed by atoms with Crippen LogP contribution in [0.1, 0.15) is 37.7 Å². The Hall–Kier alpha value is -2.85. The molecule has 0 bridgehead atoms. The van der Waals surface area contributed by atoms with E-state index in [9.17, 15) is 9.59 Å². The molecule has 10 heteroatoms. The van der Waals surface area contributed by atoms with Crippen molar-refractivity contribution < 1.29 is 19.1 Å². The number of methoxy groups -OCH3 is 1. The second-order valence-corrected chi connectivity index (χ2v) is 6.83. The number of tetrazole rings is 1. The zero-order chi connectivity index (χ0) is 20.6. The molecule has 0 aliphatic carbocycles. The van der Waals surface area contributed by atoms with Gasteiger partial charge in [-0.05, 0) is 29.8 Å². The third-order valence-corrected chi connectivity index (χ3v) is 3.91. The van der Waals surface area contributed by atoms with Gasteiger partial charge in [0.05, 0.1) is 38.8 Å². The second-order valence-electron chi connectivity index (χ2n) is 6.83. The lowest BCUT2D eigenvalue weighted by Gasteiger charge is -2.23. The Morgan fingerprint density at radius 2 is 2.00 bits per heavy atom. The number of aromatic nitrogens is 4. The van der Waals surface area contributed by atoms with E-state index in [1.165, 1.54) is 11.8 Å². The summed E-state index contributed by atoms with van der Waals surface area (Å²) >= 11 is 0. The maximum atomic E-state index is 12.4. The van der Waals surface area contributed by atoms with Gasteiger partial charge >= 0.3 is 5.97 Å². The van der Waals surface area contributed by atoms with Crippen molar-refractivity contribution in [1.29, 1.82) is 0 Å². The molecule has 10 nitrogen and oxygen atoms in total. The van der Waals surface area contributed by atoms with Crippen molar-refractivity contribution >= 4 is 11.9 Å². The van der Waals surface area contributed by atoms with Gasteiger partial charge in [-0.1, -0.05) is 30.3 Å². The molecule has 28 heavy (non-hydrogen) atoms. The van der Waals surface area contributed by atoms with E-state index in [0.717, 1.165) is 5.56 Å². The minimum atomic E-state index is -1.08. The number of rotatable bonds is 10. The van der Waals surface area contributed by atoms with E-state index in [4.69, 9.17) is 10.5 Å². The number of nitrogens with zero attached hydrogens (tertiary/aromatic N) is 4. The van der Waals surface area contributed by atoms with Gasteiger partial charge < -0.3 is 20.5 Å². The number of carbonyl (C=O) groups is 2. The zero-order valence-electron chi connectivity index (χ0n) is 16.3. The first-order chi connectivity index (χ1) is 13.3. The van der Waals surface area contributed by atoms with Crippen LogP contribution in [0, 0.1) is 0 Å². The molecule has 0 fully saturated rings. The lowest BCUT2D eigenvalue weighted by Crippen LogP contribution is -2.51. The van der Waals surface area contributed by atoms with Crippen LogP contribution in [0.15, 0.2) is 30.3 Å². The number of carbonyl (C=O) groups excluding carboxylic acids is 2. The van der Waals surface area contributed by atoms with Gasteiger partial charge in [0.25, 0.3) is 0 Å². The van der Waals surface area contributed by atoms with Gasteiger partial charge in [0.1, 0.15) is 6.04 Å². The van der Waals surface area contributed by atoms with E-state index in [2.05, 4.69) is 25.6 Å². The van der Waals surface area contributed by atoms with Crippen LogP contribution in [-0.4, -0.2) is 51.3 Å². The number of amides is 1. The van der Waals surface area contributed by atoms with Crippen LogP contribution in [0.5, 0.6) is 0 Å². The Balaban J connectivity index is 2.10. The average Bonchev–Trinajstić information content (AvgIpc) is 3.13. The molecule has 0 aliphatic rings. The van der Waals surface area contributed by atoms with Crippen LogP contribution in [-0.2, 0) is 32.2 Å². The fraction of sp³-hybridized carbons (Fsp3) is 0.500. The van der Waals surface area contributed by atoms with Crippen LogP contribution in [0.4, 0.5) is 0 Å². The summed E-state index contributed by atoms with van der Waals surface area (Å²) in [7, 11) is 1.31. The third kappa shape index (κ3) is 6.39. The monoisotopic (exact) mass is 390 g/mol. The number of esters is 1. The van der Waals surface area contributed by atoms with Gasteiger partial charge in [-0.15, -0.1) is 5.10 Å². The largest absolute Gasteiger partial charge is 0.469 e.